The van der Waals surface area contributed by atoms with E-state index in [0.717, 1.165) is 5.56 Å². The summed E-state index contributed by atoms with van der Waals surface area (Å²) in [6.07, 6.45) is 3.85. The zero-order valence-corrected chi connectivity index (χ0v) is 15.2. The van der Waals surface area contributed by atoms with Gasteiger partial charge in [-0.05, 0) is 38.4 Å². The van der Waals surface area contributed by atoms with Gasteiger partial charge in [0.1, 0.15) is 0 Å². The van der Waals surface area contributed by atoms with E-state index in [4.69, 9.17) is 4.74 Å². The summed E-state index contributed by atoms with van der Waals surface area (Å²) in [7, 11) is 0. The van der Waals surface area contributed by atoms with Crippen LogP contribution in [0.3, 0.4) is 0 Å². The number of rotatable bonds is 4. The molecule has 0 bridgehead atoms. The van der Waals surface area contributed by atoms with Gasteiger partial charge in [-0.25, -0.2) is 14.4 Å². The molecule has 2 aromatic rings. The van der Waals surface area contributed by atoms with Crippen LogP contribution in [0.5, 0.6) is 0 Å². The maximum Gasteiger partial charge on any atom is 0.183 e. The predicted molar refractivity (Wildman–Crippen MR) is 99.7 cm³/mol. The number of likely N-dealkylation sites (tertiary alicyclic amines) is 1. The molecule has 6 heteroatoms. The van der Waals surface area contributed by atoms with Gasteiger partial charge < -0.3 is 9.64 Å². The predicted octanol–water partition coefficient (Wildman–Crippen LogP) is 3.28. The van der Waals surface area contributed by atoms with E-state index in [1.165, 1.54) is 37.7 Å². The molecule has 0 N–H and O–H groups in total. The van der Waals surface area contributed by atoms with Crippen LogP contribution >= 0.6 is 0 Å². The quantitative estimate of drug-likeness (QED) is 0.841. The molecule has 0 radical (unpaired) electrons. The number of nitrogens with zero attached hydrogens (tertiary/aromatic N) is 4. The fourth-order valence-corrected chi connectivity index (χ4v) is 3.74. The second-order valence-corrected chi connectivity index (χ2v) is 7.01. The van der Waals surface area contributed by atoms with Crippen molar-refractivity contribution >= 4 is 5.82 Å². The number of benzene rings is 1. The highest BCUT2D eigenvalue weighted by atomic mass is 19.1. The van der Waals surface area contributed by atoms with Crippen LogP contribution in [0.25, 0.3) is 11.4 Å². The number of morpholine rings is 1. The Kier molecular flexibility index (Phi) is 5.13. The molecule has 0 aliphatic carbocycles. The molecule has 0 spiro atoms. The summed E-state index contributed by atoms with van der Waals surface area (Å²) < 4.78 is 19.5. The Balaban J connectivity index is 1.55. The summed E-state index contributed by atoms with van der Waals surface area (Å²) in [5, 5.41) is 0. The van der Waals surface area contributed by atoms with Gasteiger partial charge in [0.25, 0.3) is 0 Å². The SMILES string of the molecule is C[C@H](c1ccc(-c2ncc(F)c(N3CCOCC3)n2)cc1)N1CCCC1. The summed E-state index contributed by atoms with van der Waals surface area (Å²) in [5.74, 6) is 0.552. The van der Waals surface area contributed by atoms with Gasteiger partial charge in [0.2, 0.25) is 0 Å². The van der Waals surface area contributed by atoms with Crippen molar-refractivity contribution in [1.29, 1.82) is 0 Å². The molecule has 4 rings (SSSR count). The van der Waals surface area contributed by atoms with Gasteiger partial charge in [0, 0.05) is 24.7 Å². The van der Waals surface area contributed by atoms with Crippen molar-refractivity contribution in [3.8, 4) is 11.4 Å². The van der Waals surface area contributed by atoms with Gasteiger partial charge >= 0.3 is 0 Å². The minimum absolute atomic E-state index is 0.368. The lowest BCUT2D eigenvalue weighted by Gasteiger charge is -2.28. The molecule has 1 aromatic heterocycles. The van der Waals surface area contributed by atoms with Crippen LogP contribution in [0.1, 0.15) is 31.4 Å². The van der Waals surface area contributed by atoms with Gasteiger partial charge in [-0.15, -0.1) is 0 Å². The third kappa shape index (κ3) is 3.57. The first-order chi connectivity index (χ1) is 12.7. The van der Waals surface area contributed by atoms with Gasteiger partial charge in [0.15, 0.2) is 17.5 Å². The third-order valence-corrected chi connectivity index (χ3v) is 5.38. The number of hydrogen-bond donors (Lipinski definition) is 0. The highest BCUT2D eigenvalue weighted by Gasteiger charge is 2.20. The zero-order chi connectivity index (χ0) is 17.9. The zero-order valence-electron chi connectivity index (χ0n) is 15.2. The average Bonchev–Trinajstić information content (AvgIpc) is 3.23. The van der Waals surface area contributed by atoms with E-state index >= 15 is 0 Å². The minimum Gasteiger partial charge on any atom is -0.378 e. The monoisotopic (exact) mass is 356 g/mol. The Morgan fingerprint density at radius 3 is 2.42 bits per heavy atom. The smallest absolute Gasteiger partial charge is 0.183 e. The number of ether oxygens (including phenoxy) is 1. The molecule has 1 atom stereocenters. The molecular formula is C20H25FN4O. The molecular weight excluding hydrogens is 331 g/mol. The van der Waals surface area contributed by atoms with Crippen LogP contribution in [0, 0.1) is 5.82 Å². The maximum absolute atomic E-state index is 14.2. The Bertz CT molecular complexity index is 740. The van der Waals surface area contributed by atoms with Crippen LogP contribution in [-0.2, 0) is 4.74 Å². The van der Waals surface area contributed by atoms with Crippen LogP contribution in [0.4, 0.5) is 10.2 Å². The molecule has 2 fully saturated rings. The first-order valence-electron chi connectivity index (χ1n) is 9.42. The van der Waals surface area contributed by atoms with Crippen LogP contribution in [0.15, 0.2) is 30.5 Å². The normalized spacial score (nSPS) is 19.7. The standard InChI is InChI=1S/C20H25FN4O/c1-15(24-8-2-3-9-24)16-4-6-17(7-5-16)19-22-14-18(21)20(23-19)25-10-12-26-13-11-25/h4-7,14-15H,2-3,8-13H2,1H3/t15-/m1/s1. The van der Waals surface area contributed by atoms with Crippen molar-refractivity contribution in [1.82, 2.24) is 14.9 Å². The Morgan fingerprint density at radius 2 is 1.73 bits per heavy atom. The second kappa shape index (κ2) is 7.68. The Hall–Kier alpha value is -2.05. The van der Waals surface area contributed by atoms with E-state index in [1.54, 1.807) is 0 Å². The molecule has 2 aliphatic rings. The molecule has 0 saturated carbocycles. The van der Waals surface area contributed by atoms with Crippen LogP contribution in [0.2, 0.25) is 0 Å². The van der Waals surface area contributed by atoms with Gasteiger partial charge in [-0.2, -0.15) is 0 Å². The largest absolute Gasteiger partial charge is 0.378 e. The first kappa shape index (κ1) is 17.4. The number of hydrogen-bond acceptors (Lipinski definition) is 5. The van der Waals surface area contributed by atoms with Crippen LogP contribution < -0.4 is 4.90 Å². The summed E-state index contributed by atoms with van der Waals surface area (Å²) in [6, 6.07) is 8.78. The van der Waals surface area contributed by atoms with Crippen molar-refractivity contribution in [3.63, 3.8) is 0 Å². The van der Waals surface area contributed by atoms with Crippen molar-refractivity contribution < 1.29 is 9.13 Å². The summed E-state index contributed by atoms with van der Waals surface area (Å²) in [5.41, 5.74) is 2.21. The third-order valence-electron chi connectivity index (χ3n) is 5.38. The summed E-state index contributed by atoms with van der Waals surface area (Å²) in [4.78, 5) is 13.1. The highest BCUT2D eigenvalue weighted by molar-refractivity contribution is 5.58. The van der Waals surface area contributed by atoms with Gasteiger partial charge in [0.05, 0.1) is 19.4 Å². The van der Waals surface area contributed by atoms with Gasteiger partial charge in [-0.3, -0.25) is 4.90 Å². The number of anilines is 1. The Labute approximate surface area is 153 Å². The fraction of sp³-hybridized carbons (Fsp3) is 0.500. The molecule has 0 unspecified atom stereocenters. The maximum atomic E-state index is 14.2. The molecule has 1 aromatic carbocycles. The van der Waals surface area contributed by atoms with E-state index in [1.807, 2.05) is 17.0 Å². The van der Waals surface area contributed by atoms with Crippen molar-refractivity contribution in [2.24, 2.45) is 0 Å². The fourth-order valence-electron chi connectivity index (χ4n) is 3.74. The summed E-state index contributed by atoms with van der Waals surface area (Å²) in [6.45, 7) is 7.11. The van der Waals surface area contributed by atoms with E-state index < -0.39 is 0 Å². The lowest BCUT2D eigenvalue weighted by atomic mass is 10.0. The molecule has 2 saturated heterocycles. The topological polar surface area (TPSA) is 41.5 Å². The lowest BCUT2D eigenvalue weighted by Crippen LogP contribution is -2.37. The van der Waals surface area contributed by atoms with Crippen molar-refractivity contribution in [2.75, 3.05) is 44.3 Å². The molecule has 5 nitrogen and oxygen atoms in total. The van der Waals surface area contributed by atoms with E-state index in [-0.39, 0.29) is 5.82 Å². The van der Waals surface area contributed by atoms with E-state index in [2.05, 4.69) is 33.9 Å². The van der Waals surface area contributed by atoms with Crippen molar-refractivity contribution in [3.05, 3.63) is 41.8 Å². The summed E-state index contributed by atoms with van der Waals surface area (Å²) >= 11 is 0. The molecule has 2 aliphatic heterocycles. The molecule has 138 valence electrons. The van der Waals surface area contributed by atoms with E-state index in [0.29, 0.717) is 44.0 Å². The average molecular weight is 356 g/mol. The minimum atomic E-state index is -0.380. The highest BCUT2D eigenvalue weighted by Crippen LogP contribution is 2.27. The molecule has 26 heavy (non-hydrogen) atoms. The van der Waals surface area contributed by atoms with Gasteiger partial charge in [-0.1, -0.05) is 24.3 Å². The van der Waals surface area contributed by atoms with Crippen LogP contribution in [-0.4, -0.2) is 54.3 Å². The van der Waals surface area contributed by atoms with Crippen molar-refractivity contribution in [2.45, 2.75) is 25.8 Å². The number of halogens is 1. The first-order valence-corrected chi connectivity index (χ1v) is 9.42. The lowest BCUT2D eigenvalue weighted by molar-refractivity contribution is 0.122. The second-order valence-electron chi connectivity index (χ2n) is 7.01. The molecule has 0 amide bonds. The molecule has 3 heterocycles. The van der Waals surface area contributed by atoms with E-state index in [9.17, 15) is 4.39 Å². The Morgan fingerprint density at radius 1 is 1.04 bits per heavy atom. The number of aromatic nitrogens is 2.